The lowest BCUT2D eigenvalue weighted by molar-refractivity contribution is 0.0601. The first-order valence-corrected chi connectivity index (χ1v) is 10.5. The molecule has 0 saturated heterocycles. The summed E-state index contributed by atoms with van der Waals surface area (Å²) in [6.07, 6.45) is 0. The first-order valence-electron chi connectivity index (χ1n) is 9.69. The van der Waals surface area contributed by atoms with Crippen molar-refractivity contribution in [2.75, 3.05) is 19.5 Å². The molecule has 0 bridgehead atoms. The quantitative estimate of drug-likeness (QED) is 0.382. The van der Waals surface area contributed by atoms with Crippen molar-refractivity contribution in [3.8, 4) is 5.75 Å². The minimum atomic E-state index is -0.696. The molecule has 0 aliphatic carbocycles. The van der Waals surface area contributed by atoms with Crippen molar-refractivity contribution in [3.05, 3.63) is 69.5 Å². The molecule has 2 heterocycles. The maximum atomic E-state index is 12.7. The Morgan fingerprint density at radius 1 is 0.970 bits per heavy atom. The molecule has 0 unspecified atom stereocenters. The van der Waals surface area contributed by atoms with E-state index in [1.807, 2.05) is 0 Å². The summed E-state index contributed by atoms with van der Waals surface area (Å²) in [6, 6.07) is 9.69. The van der Waals surface area contributed by atoms with Crippen molar-refractivity contribution in [1.29, 1.82) is 0 Å². The number of rotatable bonds is 8. The summed E-state index contributed by atoms with van der Waals surface area (Å²) in [6.45, 7) is 3.10. The van der Waals surface area contributed by atoms with Gasteiger partial charge < -0.3 is 23.9 Å². The van der Waals surface area contributed by atoms with Crippen LogP contribution in [0.15, 0.2) is 40.8 Å². The summed E-state index contributed by atoms with van der Waals surface area (Å²) in [7, 11) is 2.43. The topological polar surface area (TPSA) is 121 Å². The zero-order valence-electron chi connectivity index (χ0n) is 18.3. The molecule has 1 amide bonds. The molecular formula is C23H21NO8S. The number of nitrogens with one attached hydrogen (secondary N) is 1. The number of amides is 1. The Balaban J connectivity index is 1.72. The highest BCUT2D eigenvalue weighted by Crippen LogP contribution is 2.34. The molecule has 0 radical (unpaired) electrons. The number of furan rings is 1. The summed E-state index contributed by atoms with van der Waals surface area (Å²) in [5.74, 6) is -1.07. The van der Waals surface area contributed by atoms with Crippen LogP contribution < -0.4 is 10.1 Å². The maximum Gasteiger partial charge on any atom is 0.348 e. The minimum absolute atomic E-state index is 0.0120. The second kappa shape index (κ2) is 10.1. The van der Waals surface area contributed by atoms with Crippen molar-refractivity contribution in [2.24, 2.45) is 0 Å². The molecular weight excluding hydrogens is 450 g/mol. The molecule has 2 aromatic heterocycles. The van der Waals surface area contributed by atoms with Gasteiger partial charge in [-0.05, 0) is 55.8 Å². The fraction of sp³-hybridized carbons (Fsp3) is 0.217. The van der Waals surface area contributed by atoms with Gasteiger partial charge in [-0.15, -0.1) is 11.3 Å². The van der Waals surface area contributed by atoms with E-state index >= 15 is 0 Å². The van der Waals surface area contributed by atoms with Gasteiger partial charge in [0.25, 0.3) is 5.91 Å². The normalized spacial score (nSPS) is 10.4. The molecule has 0 saturated carbocycles. The van der Waals surface area contributed by atoms with E-state index in [0.29, 0.717) is 22.6 Å². The van der Waals surface area contributed by atoms with Crippen molar-refractivity contribution in [1.82, 2.24) is 0 Å². The Morgan fingerprint density at radius 3 is 2.24 bits per heavy atom. The minimum Gasteiger partial charge on any atom is -0.486 e. The van der Waals surface area contributed by atoms with E-state index in [2.05, 4.69) is 5.32 Å². The van der Waals surface area contributed by atoms with Gasteiger partial charge in [-0.25, -0.2) is 9.59 Å². The average Bonchev–Trinajstić information content (AvgIpc) is 3.41. The molecule has 33 heavy (non-hydrogen) atoms. The van der Waals surface area contributed by atoms with Crippen LogP contribution in [0.1, 0.15) is 59.2 Å². The predicted octanol–water partition coefficient (Wildman–Crippen LogP) is 4.26. The van der Waals surface area contributed by atoms with Gasteiger partial charge in [-0.2, -0.15) is 0 Å². The summed E-state index contributed by atoms with van der Waals surface area (Å²) in [5, 5.41) is 2.73. The Morgan fingerprint density at radius 2 is 1.64 bits per heavy atom. The molecule has 1 aromatic carbocycles. The van der Waals surface area contributed by atoms with Crippen molar-refractivity contribution >= 4 is 40.0 Å². The van der Waals surface area contributed by atoms with Crippen molar-refractivity contribution in [3.63, 3.8) is 0 Å². The van der Waals surface area contributed by atoms with Crippen LogP contribution in [0.25, 0.3) is 0 Å². The highest BCUT2D eigenvalue weighted by atomic mass is 32.1. The third-order valence-electron chi connectivity index (χ3n) is 4.66. The maximum absolute atomic E-state index is 12.7. The number of carbonyl (C=O) groups is 4. The monoisotopic (exact) mass is 471 g/mol. The zero-order valence-corrected chi connectivity index (χ0v) is 19.2. The third-order valence-corrected chi connectivity index (χ3v) is 5.85. The van der Waals surface area contributed by atoms with Crippen LogP contribution in [0.4, 0.5) is 5.00 Å². The fourth-order valence-corrected chi connectivity index (χ4v) is 4.03. The second-order valence-electron chi connectivity index (χ2n) is 6.83. The van der Waals surface area contributed by atoms with Crippen molar-refractivity contribution in [2.45, 2.75) is 20.5 Å². The molecule has 0 aliphatic heterocycles. The van der Waals surface area contributed by atoms with Gasteiger partial charge in [-0.1, -0.05) is 0 Å². The number of hydrogen-bond donors (Lipinski definition) is 1. The van der Waals surface area contributed by atoms with Crippen LogP contribution >= 0.6 is 11.3 Å². The molecule has 9 nitrogen and oxygen atoms in total. The van der Waals surface area contributed by atoms with E-state index < -0.39 is 17.8 Å². The number of methoxy groups -OCH3 is 2. The van der Waals surface area contributed by atoms with Crippen LogP contribution in [-0.2, 0) is 16.1 Å². The van der Waals surface area contributed by atoms with Crippen LogP contribution in [0.2, 0.25) is 0 Å². The molecule has 1 N–H and O–H groups in total. The Kier molecular flexibility index (Phi) is 7.29. The number of esters is 2. The highest BCUT2D eigenvalue weighted by Gasteiger charge is 2.27. The van der Waals surface area contributed by atoms with E-state index in [4.69, 9.17) is 18.6 Å². The van der Waals surface area contributed by atoms with Gasteiger partial charge in [0, 0.05) is 5.56 Å². The van der Waals surface area contributed by atoms with Gasteiger partial charge >= 0.3 is 11.9 Å². The summed E-state index contributed by atoms with van der Waals surface area (Å²) in [4.78, 5) is 48.4. The van der Waals surface area contributed by atoms with E-state index in [0.717, 1.165) is 11.3 Å². The molecule has 172 valence electrons. The number of ether oxygens (including phenoxy) is 3. The van der Waals surface area contributed by atoms with Gasteiger partial charge in [-0.3, -0.25) is 9.59 Å². The SMILES string of the molecule is COC(=O)c1sc(NC(=O)c2ccc(COc3ccc(C(C)=O)cc3)o2)c(C(=O)OC)c1C. The number of ketones is 1. The van der Waals surface area contributed by atoms with Crippen LogP contribution in [0.3, 0.4) is 0 Å². The Hall–Kier alpha value is -3.92. The molecule has 0 atom stereocenters. The van der Waals surface area contributed by atoms with E-state index in [1.165, 1.54) is 27.2 Å². The number of carbonyl (C=O) groups excluding carboxylic acids is 4. The average molecular weight is 471 g/mol. The highest BCUT2D eigenvalue weighted by molar-refractivity contribution is 7.18. The van der Waals surface area contributed by atoms with Gasteiger partial charge in [0.15, 0.2) is 11.5 Å². The standard InChI is InChI=1S/C23H21NO8S/c1-12-18(22(27)29-3)21(33-19(12)23(28)30-4)24-20(26)17-10-9-16(32-17)11-31-15-7-5-14(6-8-15)13(2)25/h5-10H,11H2,1-4H3,(H,24,26). The molecule has 0 spiro atoms. The van der Waals surface area contributed by atoms with Crippen LogP contribution in [0.5, 0.6) is 5.75 Å². The summed E-state index contributed by atoms with van der Waals surface area (Å²) < 4.78 is 20.7. The largest absolute Gasteiger partial charge is 0.486 e. The molecule has 0 fully saturated rings. The molecule has 3 aromatic rings. The fourth-order valence-electron chi connectivity index (χ4n) is 2.92. The number of thiophene rings is 1. The number of anilines is 1. The smallest absolute Gasteiger partial charge is 0.348 e. The number of Topliss-reactive ketones (excluding diaryl/α,β-unsaturated/α-hetero) is 1. The van der Waals surface area contributed by atoms with Crippen LogP contribution in [0, 0.1) is 6.92 Å². The predicted molar refractivity (Wildman–Crippen MR) is 119 cm³/mol. The lowest BCUT2D eigenvalue weighted by Crippen LogP contribution is -2.13. The van der Waals surface area contributed by atoms with Crippen LogP contribution in [-0.4, -0.2) is 37.8 Å². The van der Waals surface area contributed by atoms with E-state index in [1.54, 1.807) is 37.3 Å². The Bertz CT molecular complexity index is 1210. The zero-order chi connectivity index (χ0) is 24.1. The lowest BCUT2D eigenvalue weighted by Gasteiger charge is -2.05. The lowest BCUT2D eigenvalue weighted by atomic mass is 10.1. The van der Waals surface area contributed by atoms with Gasteiger partial charge in [0.2, 0.25) is 0 Å². The molecule has 0 aliphatic rings. The first kappa shape index (κ1) is 23.7. The Labute approximate surface area is 193 Å². The number of hydrogen-bond acceptors (Lipinski definition) is 9. The van der Waals surface area contributed by atoms with Gasteiger partial charge in [0.05, 0.1) is 19.8 Å². The first-order chi connectivity index (χ1) is 15.7. The van der Waals surface area contributed by atoms with E-state index in [-0.39, 0.29) is 33.6 Å². The number of benzene rings is 1. The third kappa shape index (κ3) is 5.29. The molecule has 10 heteroatoms. The molecule has 3 rings (SSSR count). The van der Waals surface area contributed by atoms with Gasteiger partial charge in [0.1, 0.15) is 28.0 Å². The second-order valence-corrected chi connectivity index (χ2v) is 7.85. The summed E-state index contributed by atoms with van der Waals surface area (Å²) in [5.41, 5.74) is 0.989. The summed E-state index contributed by atoms with van der Waals surface area (Å²) >= 11 is 0.905. The van der Waals surface area contributed by atoms with E-state index in [9.17, 15) is 19.2 Å². The van der Waals surface area contributed by atoms with Crippen molar-refractivity contribution < 1.29 is 37.8 Å².